The topological polar surface area (TPSA) is 57.5 Å². The number of carbonyl (C=O) groups is 2. The fourth-order valence-corrected chi connectivity index (χ4v) is 1.95. The maximum absolute atomic E-state index is 12.2. The SMILES string of the molecule is COC(=O)C=Cc1ccc2ccn(C(=O)OC(C)(C)C)c2c1. The molecule has 0 unspecified atom stereocenters. The third-order valence-corrected chi connectivity index (χ3v) is 2.92. The molecule has 2 aromatic rings. The van der Waals surface area contributed by atoms with Crippen molar-refractivity contribution in [1.82, 2.24) is 4.57 Å². The Morgan fingerprint density at radius 3 is 2.55 bits per heavy atom. The summed E-state index contributed by atoms with van der Waals surface area (Å²) < 4.78 is 11.4. The number of hydrogen-bond donors (Lipinski definition) is 0. The number of carbonyl (C=O) groups excluding carboxylic acids is 2. The van der Waals surface area contributed by atoms with Crippen LogP contribution in [0.25, 0.3) is 17.0 Å². The third-order valence-electron chi connectivity index (χ3n) is 2.92. The number of aromatic nitrogens is 1. The van der Waals surface area contributed by atoms with Crippen LogP contribution in [0.1, 0.15) is 26.3 Å². The van der Waals surface area contributed by atoms with Gasteiger partial charge in [-0.15, -0.1) is 0 Å². The summed E-state index contributed by atoms with van der Waals surface area (Å²) in [4.78, 5) is 23.3. The lowest BCUT2D eigenvalue weighted by atomic mass is 10.1. The molecule has 22 heavy (non-hydrogen) atoms. The molecule has 0 saturated heterocycles. The zero-order valence-electron chi connectivity index (χ0n) is 13.1. The van der Waals surface area contributed by atoms with E-state index in [1.807, 2.05) is 45.0 Å². The Bertz CT molecular complexity index is 735. The number of fused-ring (bicyclic) bond motifs is 1. The Kier molecular flexibility index (Phi) is 4.35. The smallest absolute Gasteiger partial charge is 0.418 e. The first-order chi connectivity index (χ1) is 10.3. The highest BCUT2D eigenvalue weighted by atomic mass is 16.6. The molecule has 1 aromatic carbocycles. The minimum absolute atomic E-state index is 0.428. The minimum Gasteiger partial charge on any atom is -0.466 e. The number of methoxy groups -OCH3 is 1. The van der Waals surface area contributed by atoms with E-state index < -0.39 is 17.7 Å². The van der Waals surface area contributed by atoms with Gasteiger partial charge < -0.3 is 9.47 Å². The number of ether oxygens (including phenoxy) is 2. The minimum atomic E-state index is -0.559. The molecule has 0 radical (unpaired) electrons. The second-order valence-electron chi connectivity index (χ2n) is 5.84. The van der Waals surface area contributed by atoms with Crippen LogP contribution in [0.2, 0.25) is 0 Å². The highest BCUT2D eigenvalue weighted by Crippen LogP contribution is 2.20. The molecule has 0 N–H and O–H groups in total. The fraction of sp³-hybridized carbons (Fsp3) is 0.294. The predicted molar refractivity (Wildman–Crippen MR) is 84.6 cm³/mol. The van der Waals surface area contributed by atoms with Gasteiger partial charge in [0.25, 0.3) is 0 Å². The van der Waals surface area contributed by atoms with E-state index in [1.54, 1.807) is 12.3 Å². The number of nitrogens with zero attached hydrogens (tertiary/aromatic N) is 1. The van der Waals surface area contributed by atoms with E-state index in [1.165, 1.54) is 17.8 Å². The Balaban J connectivity index is 2.35. The van der Waals surface area contributed by atoms with Crippen molar-refractivity contribution in [2.24, 2.45) is 0 Å². The van der Waals surface area contributed by atoms with E-state index in [9.17, 15) is 9.59 Å². The average Bonchev–Trinajstić information content (AvgIpc) is 2.86. The Labute approximate surface area is 129 Å². The normalized spacial score (nSPS) is 11.8. The van der Waals surface area contributed by atoms with E-state index in [0.29, 0.717) is 0 Å². The van der Waals surface area contributed by atoms with Gasteiger partial charge in [0.2, 0.25) is 0 Å². The molecular weight excluding hydrogens is 282 g/mol. The van der Waals surface area contributed by atoms with Gasteiger partial charge in [0, 0.05) is 17.7 Å². The van der Waals surface area contributed by atoms with Crippen LogP contribution in [0.4, 0.5) is 4.79 Å². The van der Waals surface area contributed by atoms with Gasteiger partial charge in [-0.2, -0.15) is 0 Å². The number of hydrogen-bond acceptors (Lipinski definition) is 4. The highest BCUT2D eigenvalue weighted by molar-refractivity contribution is 5.92. The maximum Gasteiger partial charge on any atom is 0.418 e. The van der Waals surface area contributed by atoms with Crippen LogP contribution in [0, 0.1) is 0 Å². The number of benzene rings is 1. The molecule has 5 nitrogen and oxygen atoms in total. The second-order valence-corrected chi connectivity index (χ2v) is 5.84. The quantitative estimate of drug-likeness (QED) is 0.628. The molecule has 0 aliphatic heterocycles. The molecule has 0 saturated carbocycles. The van der Waals surface area contributed by atoms with Crippen molar-refractivity contribution in [3.05, 3.63) is 42.1 Å². The molecular formula is C17H19NO4. The predicted octanol–water partition coefficient (Wildman–Crippen LogP) is 3.61. The number of rotatable bonds is 2. The first-order valence-corrected chi connectivity index (χ1v) is 6.91. The molecule has 0 fully saturated rings. The second kappa shape index (κ2) is 6.05. The van der Waals surface area contributed by atoms with Gasteiger partial charge in [-0.25, -0.2) is 9.59 Å². The molecule has 0 atom stereocenters. The molecule has 0 aliphatic carbocycles. The lowest BCUT2D eigenvalue weighted by molar-refractivity contribution is -0.134. The molecule has 1 heterocycles. The van der Waals surface area contributed by atoms with Gasteiger partial charge in [0.05, 0.1) is 12.6 Å². The highest BCUT2D eigenvalue weighted by Gasteiger charge is 2.18. The monoisotopic (exact) mass is 301 g/mol. The van der Waals surface area contributed by atoms with Crippen LogP contribution in [0.5, 0.6) is 0 Å². The van der Waals surface area contributed by atoms with Crippen molar-refractivity contribution in [3.63, 3.8) is 0 Å². The van der Waals surface area contributed by atoms with Crippen molar-refractivity contribution in [2.75, 3.05) is 7.11 Å². The van der Waals surface area contributed by atoms with Crippen molar-refractivity contribution in [1.29, 1.82) is 0 Å². The molecule has 0 spiro atoms. The van der Waals surface area contributed by atoms with Gasteiger partial charge in [-0.1, -0.05) is 12.1 Å². The lowest BCUT2D eigenvalue weighted by Gasteiger charge is -2.19. The van der Waals surface area contributed by atoms with Crippen LogP contribution < -0.4 is 0 Å². The first-order valence-electron chi connectivity index (χ1n) is 6.91. The molecule has 2 rings (SSSR count). The summed E-state index contributed by atoms with van der Waals surface area (Å²) in [6.07, 6.45) is 4.21. The number of esters is 1. The van der Waals surface area contributed by atoms with Crippen LogP contribution in [0.3, 0.4) is 0 Å². The summed E-state index contributed by atoms with van der Waals surface area (Å²) >= 11 is 0. The van der Waals surface area contributed by atoms with Gasteiger partial charge in [0.1, 0.15) is 5.60 Å². The lowest BCUT2D eigenvalue weighted by Crippen LogP contribution is -2.26. The summed E-state index contributed by atoms with van der Waals surface area (Å²) in [5.74, 6) is -0.428. The van der Waals surface area contributed by atoms with Crippen LogP contribution >= 0.6 is 0 Å². The zero-order valence-corrected chi connectivity index (χ0v) is 13.1. The summed E-state index contributed by atoms with van der Waals surface area (Å²) in [6, 6.07) is 7.40. The van der Waals surface area contributed by atoms with Crippen LogP contribution in [-0.2, 0) is 14.3 Å². The summed E-state index contributed by atoms with van der Waals surface area (Å²) in [5.41, 5.74) is 0.957. The van der Waals surface area contributed by atoms with E-state index in [0.717, 1.165) is 16.5 Å². The summed E-state index contributed by atoms with van der Waals surface area (Å²) in [7, 11) is 1.32. The van der Waals surface area contributed by atoms with Crippen molar-refractivity contribution < 1.29 is 19.1 Å². The Morgan fingerprint density at radius 2 is 1.91 bits per heavy atom. The fourth-order valence-electron chi connectivity index (χ4n) is 1.95. The van der Waals surface area contributed by atoms with Gasteiger partial charge in [-0.3, -0.25) is 4.57 Å². The third kappa shape index (κ3) is 3.75. The largest absolute Gasteiger partial charge is 0.466 e. The Morgan fingerprint density at radius 1 is 1.18 bits per heavy atom. The molecule has 0 bridgehead atoms. The molecule has 5 heteroatoms. The van der Waals surface area contributed by atoms with Crippen LogP contribution in [0.15, 0.2) is 36.5 Å². The molecule has 116 valence electrons. The van der Waals surface area contributed by atoms with Crippen molar-refractivity contribution >= 4 is 29.0 Å². The van der Waals surface area contributed by atoms with E-state index in [4.69, 9.17) is 4.74 Å². The van der Waals surface area contributed by atoms with Crippen molar-refractivity contribution in [2.45, 2.75) is 26.4 Å². The maximum atomic E-state index is 12.2. The Hall–Kier alpha value is -2.56. The van der Waals surface area contributed by atoms with E-state index in [-0.39, 0.29) is 0 Å². The van der Waals surface area contributed by atoms with Crippen molar-refractivity contribution in [3.8, 4) is 0 Å². The molecule has 0 aliphatic rings. The van der Waals surface area contributed by atoms with Gasteiger partial charge in [-0.05, 0) is 44.5 Å². The molecule has 1 aromatic heterocycles. The molecule has 0 amide bonds. The van der Waals surface area contributed by atoms with Crippen LogP contribution in [-0.4, -0.2) is 29.3 Å². The standard InChI is InChI=1S/C17H19NO4/c1-17(2,3)22-16(20)18-10-9-13-7-5-12(11-14(13)18)6-8-15(19)21-4/h5-11H,1-4H3. The first kappa shape index (κ1) is 15.8. The summed E-state index contributed by atoms with van der Waals surface area (Å²) in [5, 5.41) is 0.918. The van der Waals surface area contributed by atoms with Gasteiger partial charge >= 0.3 is 12.1 Å². The van der Waals surface area contributed by atoms with Gasteiger partial charge in [0.15, 0.2) is 0 Å². The van der Waals surface area contributed by atoms with E-state index >= 15 is 0 Å². The van der Waals surface area contributed by atoms with E-state index in [2.05, 4.69) is 4.74 Å². The zero-order chi connectivity index (χ0) is 16.3. The summed E-state index contributed by atoms with van der Waals surface area (Å²) in [6.45, 7) is 5.46. The average molecular weight is 301 g/mol.